The Hall–Kier alpha value is -1.40. The van der Waals surface area contributed by atoms with Crippen LogP contribution in [0.1, 0.15) is 9.67 Å². The Balaban J connectivity index is 1.87. The van der Waals surface area contributed by atoms with Crippen molar-refractivity contribution < 1.29 is 9.00 Å². The number of anilines is 1. The molecular weight excluding hydrogens is 280 g/mol. The molecule has 0 atom stereocenters. The van der Waals surface area contributed by atoms with E-state index >= 15 is 0 Å². The highest BCUT2D eigenvalue weighted by Gasteiger charge is 2.22. The van der Waals surface area contributed by atoms with Gasteiger partial charge in [-0.15, -0.1) is 11.3 Å². The molecule has 0 unspecified atom stereocenters. The molecule has 0 saturated carbocycles. The molecule has 1 saturated heterocycles. The summed E-state index contributed by atoms with van der Waals surface area (Å²) in [6, 6.07) is 7.56. The van der Waals surface area contributed by atoms with Gasteiger partial charge in [-0.1, -0.05) is 0 Å². The first-order valence-electron chi connectivity index (χ1n) is 6.07. The van der Waals surface area contributed by atoms with Crippen LogP contribution in [-0.2, 0) is 10.8 Å². The number of rotatable bonds is 1. The molecular formula is C13H14N2O2S2. The second-order valence-corrected chi connectivity index (χ2v) is 7.33. The van der Waals surface area contributed by atoms with Gasteiger partial charge in [0.1, 0.15) is 0 Å². The van der Waals surface area contributed by atoms with E-state index in [9.17, 15) is 9.00 Å². The number of fused-ring (bicyclic) bond motifs is 1. The van der Waals surface area contributed by atoms with E-state index in [0.29, 0.717) is 30.3 Å². The standard InChI is InChI=1S/C13H14N2O2S2/c14-10-1-2-11-9(7-10)8-12(18-11)13(16)15-3-5-19(17)6-4-15/h1-2,7-8H,3-6,14H2. The highest BCUT2D eigenvalue weighted by atomic mass is 32.2. The molecule has 2 aromatic rings. The summed E-state index contributed by atoms with van der Waals surface area (Å²) in [5, 5.41) is 1.01. The maximum atomic E-state index is 12.4. The lowest BCUT2D eigenvalue weighted by molar-refractivity contribution is 0.0776. The van der Waals surface area contributed by atoms with Crippen molar-refractivity contribution in [2.45, 2.75) is 0 Å². The molecule has 1 aliphatic heterocycles. The summed E-state index contributed by atoms with van der Waals surface area (Å²) in [7, 11) is -0.759. The highest BCUT2D eigenvalue weighted by molar-refractivity contribution is 7.85. The number of amides is 1. The van der Waals surface area contributed by atoms with Gasteiger partial charge in [0.05, 0.1) is 4.88 Å². The fourth-order valence-corrected chi connectivity index (χ4v) is 4.23. The average Bonchev–Trinajstić information content (AvgIpc) is 2.81. The number of benzene rings is 1. The summed E-state index contributed by atoms with van der Waals surface area (Å²) in [4.78, 5) is 14.9. The van der Waals surface area contributed by atoms with Gasteiger partial charge in [0.2, 0.25) is 0 Å². The van der Waals surface area contributed by atoms with Gasteiger partial charge in [-0.05, 0) is 29.7 Å². The van der Waals surface area contributed by atoms with Crippen molar-refractivity contribution in [2.75, 3.05) is 30.3 Å². The summed E-state index contributed by atoms with van der Waals surface area (Å²) in [6.07, 6.45) is 0. The Morgan fingerprint density at radius 1 is 1.26 bits per heavy atom. The smallest absolute Gasteiger partial charge is 0.264 e. The zero-order valence-electron chi connectivity index (χ0n) is 10.3. The molecule has 2 N–H and O–H groups in total. The third-order valence-corrected chi connectivity index (χ3v) is 5.60. The molecule has 0 bridgehead atoms. The predicted molar refractivity (Wildman–Crippen MR) is 80.0 cm³/mol. The van der Waals surface area contributed by atoms with Crippen molar-refractivity contribution in [3.63, 3.8) is 0 Å². The van der Waals surface area contributed by atoms with Gasteiger partial charge >= 0.3 is 0 Å². The van der Waals surface area contributed by atoms with Crippen molar-refractivity contribution in [1.82, 2.24) is 4.90 Å². The van der Waals surface area contributed by atoms with Gasteiger partial charge in [-0.3, -0.25) is 9.00 Å². The molecule has 0 spiro atoms. The van der Waals surface area contributed by atoms with Crippen molar-refractivity contribution in [3.05, 3.63) is 29.1 Å². The highest BCUT2D eigenvalue weighted by Crippen LogP contribution is 2.28. The Labute approximate surface area is 117 Å². The normalized spacial score (nSPS) is 16.9. The second kappa shape index (κ2) is 4.94. The largest absolute Gasteiger partial charge is 0.399 e. The molecule has 3 rings (SSSR count). The summed E-state index contributed by atoms with van der Waals surface area (Å²) in [5.74, 6) is 1.21. The molecule has 0 radical (unpaired) electrons. The monoisotopic (exact) mass is 294 g/mol. The zero-order chi connectivity index (χ0) is 13.4. The Morgan fingerprint density at radius 3 is 2.74 bits per heavy atom. The van der Waals surface area contributed by atoms with E-state index in [0.717, 1.165) is 15.0 Å². The predicted octanol–water partition coefficient (Wildman–Crippen LogP) is 1.69. The summed E-state index contributed by atoms with van der Waals surface area (Å²) in [5.41, 5.74) is 6.45. The third kappa shape index (κ3) is 2.50. The van der Waals surface area contributed by atoms with Crippen molar-refractivity contribution in [1.29, 1.82) is 0 Å². The van der Waals surface area contributed by atoms with E-state index in [1.807, 2.05) is 24.3 Å². The van der Waals surface area contributed by atoms with Crippen molar-refractivity contribution in [2.24, 2.45) is 0 Å². The van der Waals surface area contributed by atoms with E-state index < -0.39 is 10.8 Å². The Morgan fingerprint density at radius 2 is 2.00 bits per heavy atom. The average molecular weight is 294 g/mol. The molecule has 4 nitrogen and oxygen atoms in total. The van der Waals surface area contributed by atoms with Crippen LogP contribution in [0, 0.1) is 0 Å². The minimum atomic E-state index is -0.759. The number of carbonyl (C=O) groups excluding carboxylic acids is 1. The molecule has 1 aromatic carbocycles. The summed E-state index contributed by atoms with van der Waals surface area (Å²) >= 11 is 1.49. The number of nitrogens with two attached hydrogens (primary N) is 1. The lowest BCUT2D eigenvalue weighted by Crippen LogP contribution is -2.41. The first-order valence-corrected chi connectivity index (χ1v) is 8.37. The van der Waals surface area contributed by atoms with Crippen LogP contribution in [0.5, 0.6) is 0 Å². The molecule has 19 heavy (non-hydrogen) atoms. The van der Waals surface area contributed by atoms with Gasteiger partial charge in [0, 0.05) is 45.8 Å². The van der Waals surface area contributed by atoms with Gasteiger partial charge in [-0.2, -0.15) is 0 Å². The molecule has 100 valence electrons. The lowest BCUT2D eigenvalue weighted by atomic mass is 10.2. The number of hydrogen-bond donors (Lipinski definition) is 1. The van der Waals surface area contributed by atoms with Gasteiger partial charge < -0.3 is 10.6 Å². The molecule has 1 amide bonds. The third-order valence-electron chi connectivity index (χ3n) is 3.22. The quantitative estimate of drug-likeness (QED) is 0.814. The van der Waals surface area contributed by atoms with Crippen LogP contribution in [0.4, 0.5) is 5.69 Å². The fourth-order valence-electron chi connectivity index (χ4n) is 2.16. The number of hydrogen-bond acceptors (Lipinski definition) is 4. The molecule has 2 heterocycles. The van der Waals surface area contributed by atoms with E-state index in [4.69, 9.17) is 5.73 Å². The Bertz CT molecular complexity index is 656. The van der Waals surface area contributed by atoms with Crippen LogP contribution < -0.4 is 5.73 Å². The molecule has 1 fully saturated rings. The number of thiophene rings is 1. The van der Waals surface area contributed by atoms with E-state index in [1.165, 1.54) is 11.3 Å². The number of nitrogens with zero attached hydrogens (tertiary/aromatic N) is 1. The van der Waals surface area contributed by atoms with Crippen LogP contribution in [-0.4, -0.2) is 39.6 Å². The maximum absolute atomic E-state index is 12.4. The minimum absolute atomic E-state index is 0.0384. The maximum Gasteiger partial charge on any atom is 0.264 e. The van der Waals surface area contributed by atoms with E-state index in [1.54, 1.807) is 4.90 Å². The topological polar surface area (TPSA) is 63.4 Å². The van der Waals surface area contributed by atoms with E-state index in [-0.39, 0.29) is 5.91 Å². The SMILES string of the molecule is Nc1ccc2sc(C(=O)N3CCS(=O)CC3)cc2c1. The number of carbonyl (C=O) groups is 1. The van der Waals surface area contributed by atoms with Crippen LogP contribution in [0.25, 0.3) is 10.1 Å². The molecule has 1 aliphatic rings. The van der Waals surface area contributed by atoms with Crippen molar-refractivity contribution in [3.8, 4) is 0 Å². The molecule has 1 aromatic heterocycles. The zero-order valence-corrected chi connectivity index (χ0v) is 11.9. The first-order chi connectivity index (χ1) is 9.13. The second-order valence-electron chi connectivity index (χ2n) is 4.55. The summed E-state index contributed by atoms with van der Waals surface area (Å²) in [6.45, 7) is 1.17. The molecule has 6 heteroatoms. The lowest BCUT2D eigenvalue weighted by Gasteiger charge is -2.25. The van der Waals surface area contributed by atoms with Crippen LogP contribution in [0.15, 0.2) is 24.3 Å². The Kier molecular flexibility index (Phi) is 3.28. The van der Waals surface area contributed by atoms with E-state index in [2.05, 4.69) is 0 Å². The molecule has 0 aliphatic carbocycles. The van der Waals surface area contributed by atoms with Crippen LogP contribution >= 0.6 is 11.3 Å². The number of nitrogen functional groups attached to an aromatic ring is 1. The van der Waals surface area contributed by atoms with Gasteiger partial charge in [-0.25, -0.2) is 0 Å². The van der Waals surface area contributed by atoms with Crippen LogP contribution in [0.2, 0.25) is 0 Å². The van der Waals surface area contributed by atoms with Crippen LogP contribution in [0.3, 0.4) is 0 Å². The fraction of sp³-hybridized carbons (Fsp3) is 0.308. The first kappa shape index (κ1) is 12.6. The summed E-state index contributed by atoms with van der Waals surface area (Å²) < 4.78 is 12.4. The van der Waals surface area contributed by atoms with Gasteiger partial charge in [0.25, 0.3) is 5.91 Å². The van der Waals surface area contributed by atoms with Gasteiger partial charge in [0.15, 0.2) is 0 Å². The minimum Gasteiger partial charge on any atom is -0.399 e. The van der Waals surface area contributed by atoms with Crippen molar-refractivity contribution >= 4 is 43.8 Å².